The van der Waals surface area contributed by atoms with Crippen molar-refractivity contribution < 1.29 is 0 Å². The molecule has 15 heavy (non-hydrogen) atoms. The van der Waals surface area contributed by atoms with Crippen LogP contribution in [0.15, 0.2) is 24.3 Å². The van der Waals surface area contributed by atoms with Crippen molar-refractivity contribution in [2.24, 2.45) is 0 Å². The first-order valence-corrected chi connectivity index (χ1v) is 5.76. The number of aryl methyl sites for hydroxylation is 1. The molecule has 0 aliphatic heterocycles. The van der Waals surface area contributed by atoms with Crippen LogP contribution in [0, 0.1) is 6.92 Å². The number of rotatable bonds is 3. The Balaban J connectivity index is 2.62. The van der Waals surface area contributed by atoms with Crippen molar-refractivity contribution >= 4 is 23.5 Å². The third-order valence-electron chi connectivity index (χ3n) is 2.82. The van der Waals surface area contributed by atoms with Crippen molar-refractivity contribution in [3.63, 3.8) is 0 Å². The summed E-state index contributed by atoms with van der Waals surface area (Å²) in [5.74, 6) is 0.805. The van der Waals surface area contributed by atoms with Gasteiger partial charge in [-0.1, -0.05) is 18.2 Å². The number of hydrogen-bond donors (Lipinski definition) is 3. The highest BCUT2D eigenvalue weighted by Crippen LogP contribution is 2.27. The van der Waals surface area contributed by atoms with Gasteiger partial charge in [-0.2, -0.15) is 12.6 Å². The smallest absolute Gasteiger partial charge is 0.0459 e. The molecule has 0 bridgehead atoms. The Morgan fingerprint density at radius 1 is 1.40 bits per heavy atom. The van der Waals surface area contributed by atoms with Crippen molar-refractivity contribution in [1.82, 2.24) is 10.3 Å². The van der Waals surface area contributed by atoms with Gasteiger partial charge in [0, 0.05) is 28.4 Å². The van der Waals surface area contributed by atoms with Crippen LogP contribution >= 0.6 is 12.6 Å². The third-order valence-corrected chi connectivity index (χ3v) is 3.19. The van der Waals surface area contributed by atoms with E-state index in [-0.39, 0.29) is 0 Å². The summed E-state index contributed by atoms with van der Waals surface area (Å²) >= 11 is 4.38. The van der Waals surface area contributed by atoms with Gasteiger partial charge in [-0.3, -0.25) is 0 Å². The van der Waals surface area contributed by atoms with Gasteiger partial charge < -0.3 is 10.3 Å². The van der Waals surface area contributed by atoms with Gasteiger partial charge in [0.2, 0.25) is 0 Å². The van der Waals surface area contributed by atoms with Crippen LogP contribution in [0.3, 0.4) is 0 Å². The van der Waals surface area contributed by atoms with E-state index in [1.165, 1.54) is 22.2 Å². The number of benzene rings is 1. The maximum Gasteiger partial charge on any atom is 0.0459 e. The van der Waals surface area contributed by atoms with E-state index in [1.807, 2.05) is 7.05 Å². The number of fused-ring (bicyclic) bond motifs is 1. The second kappa shape index (κ2) is 4.29. The van der Waals surface area contributed by atoms with Gasteiger partial charge in [-0.05, 0) is 25.6 Å². The fourth-order valence-electron chi connectivity index (χ4n) is 2.07. The molecule has 1 aromatic carbocycles. The molecule has 1 atom stereocenters. The van der Waals surface area contributed by atoms with E-state index in [2.05, 4.69) is 54.1 Å². The first kappa shape index (κ1) is 10.6. The SMILES string of the molecule is CNC(CS)c1c(C)[nH]c2ccccc12. The average Bonchev–Trinajstić information content (AvgIpc) is 2.58. The minimum Gasteiger partial charge on any atom is -0.358 e. The Morgan fingerprint density at radius 2 is 2.13 bits per heavy atom. The Hall–Kier alpha value is -0.930. The lowest BCUT2D eigenvalue weighted by Gasteiger charge is -2.13. The summed E-state index contributed by atoms with van der Waals surface area (Å²) in [6, 6.07) is 8.70. The third kappa shape index (κ3) is 1.77. The van der Waals surface area contributed by atoms with Crippen molar-refractivity contribution in [3.8, 4) is 0 Å². The molecule has 2 aromatic rings. The topological polar surface area (TPSA) is 27.8 Å². The quantitative estimate of drug-likeness (QED) is 0.682. The highest BCUT2D eigenvalue weighted by molar-refractivity contribution is 7.80. The molecule has 1 unspecified atom stereocenters. The highest BCUT2D eigenvalue weighted by Gasteiger charge is 2.15. The van der Waals surface area contributed by atoms with Gasteiger partial charge in [-0.25, -0.2) is 0 Å². The van der Waals surface area contributed by atoms with Crippen molar-refractivity contribution in [1.29, 1.82) is 0 Å². The second-order valence-corrected chi connectivity index (χ2v) is 4.10. The van der Waals surface area contributed by atoms with Crippen molar-refractivity contribution in [3.05, 3.63) is 35.5 Å². The molecule has 0 saturated carbocycles. The lowest BCUT2D eigenvalue weighted by Crippen LogP contribution is -2.18. The number of thiol groups is 1. The number of nitrogens with one attached hydrogen (secondary N) is 2. The number of aromatic nitrogens is 1. The van der Waals surface area contributed by atoms with Gasteiger partial charge >= 0.3 is 0 Å². The predicted molar refractivity (Wildman–Crippen MR) is 68.7 cm³/mol. The van der Waals surface area contributed by atoms with Crippen LogP contribution in [-0.4, -0.2) is 17.8 Å². The number of para-hydroxylation sites is 1. The molecule has 0 aliphatic carbocycles. The maximum atomic E-state index is 4.38. The van der Waals surface area contributed by atoms with Crippen molar-refractivity contribution in [2.45, 2.75) is 13.0 Å². The van der Waals surface area contributed by atoms with Gasteiger partial charge in [0.05, 0.1) is 0 Å². The Kier molecular flexibility index (Phi) is 3.03. The van der Waals surface area contributed by atoms with E-state index in [0.29, 0.717) is 6.04 Å². The fraction of sp³-hybridized carbons (Fsp3) is 0.333. The zero-order valence-electron chi connectivity index (χ0n) is 9.04. The molecule has 0 saturated heterocycles. The van der Waals surface area contributed by atoms with Crippen LogP contribution < -0.4 is 5.32 Å². The molecule has 0 aliphatic rings. The van der Waals surface area contributed by atoms with E-state index in [1.54, 1.807) is 0 Å². The van der Waals surface area contributed by atoms with Crippen LogP contribution in [0.2, 0.25) is 0 Å². The largest absolute Gasteiger partial charge is 0.358 e. The highest BCUT2D eigenvalue weighted by atomic mass is 32.1. The van der Waals surface area contributed by atoms with Crippen LogP contribution in [0.1, 0.15) is 17.3 Å². The molecule has 0 fully saturated rings. The molecule has 80 valence electrons. The normalized spacial score (nSPS) is 13.3. The minimum absolute atomic E-state index is 0.310. The van der Waals surface area contributed by atoms with E-state index < -0.39 is 0 Å². The van der Waals surface area contributed by atoms with Gasteiger partial charge in [0.15, 0.2) is 0 Å². The summed E-state index contributed by atoms with van der Waals surface area (Å²) in [7, 11) is 1.97. The van der Waals surface area contributed by atoms with E-state index in [0.717, 1.165) is 5.75 Å². The van der Waals surface area contributed by atoms with Gasteiger partial charge in [0.1, 0.15) is 0 Å². The molecule has 0 amide bonds. The van der Waals surface area contributed by atoms with Crippen LogP contribution in [0.5, 0.6) is 0 Å². The molecule has 1 heterocycles. The predicted octanol–water partition coefficient (Wildman–Crippen LogP) is 2.67. The van der Waals surface area contributed by atoms with E-state index in [4.69, 9.17) is 0 Å². The maximum absolute atomic E-state index is 4.38. The Bertz CT molecular complexity index is 458. The number of H-pyrrole nitrogens is 1. The molecule has 3 heteroatoms. The first-order chi connectivity index (χ1) is 7.27. The van der Waals surface area contributed by atoms with Crippen molar-refractivity contribution in [2.75, 3.05) is 12.8 Å². The molecule has 1 aromatic heterocycles. The molecule has 0 radical (unpaired) electrons. The van der Waals surface area contributed by atoms with E-state index in [9.17, 15) is 0 Å². The molecular weight excluding hydrogens is 204 g/mol. The first-order valence-electron chi connectivity index (χ1n) is 5.13. The van der Waals surface area contributed by atoms with Crippen LogP contribution in [0.25, 0.3) is 10.9 Å². The monoisotopic (exact) mass is 220 g/mol. The lowest BCUT2D eigenvalue weighted by atomic mass is 10.0. The summed E-state index contributed by atoms with van der Waals surface area (Å²) in [5, 5.41) is 4.59. The molecule has 0 spiro atoms. The summed E-state index contributed by atoms with van der Waals surface area (Å²) in [4.78, 5) is 3.40. The summed E-state index contributed by atoms with van der Waals surface area (Å²) < 4.78 is 0. The minimum atomic E-state index is 0.310. The standard InChI is InChI=1S/C12H16N2S/c1-8-12(11(7-15)13-2)9-5-3-4-6-10(9)14-8/h3-6,11,13-15H,7H2,1-2H3. The zero-order chi connectivity index (χ0) is 10.8. The van der Waals surface area contributed by atoms with Gasteiger partial charge in [-0.15, -0.1) is 0 Å². The number of aromatic amines is 1. The van der Waals surface area contributed by atoms with Gasteiger partial charge in [0.25, 0.3) is 0 Å². The van der Waals surface area contributed by atoms with Crippen LogP contribution in [0.4, 0.5) is 0 Å². The zero-order valence-corrected chi connectivity index (χ0v) is 9.94. The van der Waals surface area contributed by atoms with E-state index >= 15 is 0 Å². The molecule has 2 nitrogen and oxygen atoms in total. The molecular formula is C12H16N2S. The molecule has 2 rings (SSSR count). The number of hydrogen-bond acceptors (Lipinski definition) is 2. The second-order valence-electron chi connectivity index (χ2n) is 3.73. The molecule has 2 N–H and O–H groups in total. The summed E-state index contributed by atoms with van der Waals surface area (Å²) in [6.45, 7) is 2.11. The Morgan fingerprint density at radius 3 is 2.80 bits per heavy atom. The Labute approximate surface area is 95.5 Å². The summed E-state index contributed by atoms with van der Waals surface area (Å²) in [5.41, 5.74) is 3.76. The lowest BCUT2D eigenvalue weighted by molar-refractivity contribution is 0.664. The van der Waals surface area contributed by atoms with Crippen LogP contribution in [-0.2, 0) is 0 Å². The average molecular weight is 220 g/mol. The fourth-order valence-corrected chi connectivity index (χ4v) is 2.44. The summed E-state index contributed by atoms with van der Waals surface area (Å²) in [6.07, 6.45) is 0.